The fourth-order valence-corrected chi connectivity index (χ4v) is 2.55. The molecule has 1 aromatic carbocycles. The van der Waals surface area contributed by atoms with Crippen LogP contribution in [0.1, 0.15) is 26.5 Å². The van der Waals surface area contributed by atoms with E-state index in [1.165, 1.54) is 0 Å². The van der Waals surface area contributed by atoms with Crippen LogP contribution in [0.3, 0.4) is 0 Å². The molecule has 0 unspecified atom stereocenters. The quantitative estimate of drug-likeness (QED) is 0.873. The number of hydrogen-bond donors (Lipinski definition) is 1. The standard InChI is InChI=1S/C15H20N2OS/c1-4-16-9-13-10-19-15(17-13)12-5-7-14(8-6-12)18-11(2)3/h5-8,10-11,16H,4,9H2,1-3H3. The number of aromatic nitrogens is 1. The first-order valence-corrected chi connectivity index (χ1v) is 7.49. The minimum absolute atomic E-state index is 0.206. The van der Waals surface area contributed by atoms with E-state index in [0.717, 1.165) is 35.1 Å². The Balaban J connectivity index is 2.07. The van der Waals surface area contributed by atoms with Crippen molar-refractivity contribution in [1.29, 1.82) is 0 Å². The first-order valence-electron chi connectivity index (χ1n) is 6.61. The van der Waals surface area contributed by atoms with Crippen molar-refractivity contribution in [3.05, 3.63) is 35.3 Å². The monoisotopic (exact) mass is 276 g/mol. The number of hydrogen-bond acceptors (Lipinski definition) is 4. The van der Waals surface area contributed by atoms with Gasteiger partial charge in [0, 0.05) is 17.5 Å². The molecule has 0 aliphatic heterocycles. The molecule has 0 aliphatic carbocycles. The maximum atomic E-state index is 5.64. The molecule has 0 bridgehead atoms. The summed E-state index contributed by atoms with van der Waals surface area (Å²) in [5.41, 5.74) is 2.24. The molecule has 0 atom stereocenters. The number of ether oxygens (including phenoxy) is 1. The van der Waals surface area contributed by atoms with E-state index in [1.807, 2.05) is 26.0 Å². The zero-order valence-corrected chi connectivity index (χ0v) is 12.5. The van der Waals surface area contributed by atoms with Crippen LogP contribution in [-0.4, -0.2) is 17.6 Å². The molecular weight excluding hydrogens is 256 g/mol. The summed E-state index contributed by atoms with van der Waals surface area (Å²) in [7, 11) is 0. The third kappa shape index (κ3) is 4.04. The molecule has 0 saturated carbocycles. The average Bonchev–Trinajstić information content (AvgIpc) is 2.85. The van der Waals surface area contributed by atoms with Crippen molar-refractivity contribution in [3.8, 4) is 16.3 Å². The van der Waals surface area contributed by atoms with Gasteiger partial charge in [0.05, 0.1) is 11.8 Å². The topological polar surface area (TPSA) is 34.1 Å². The van der Waals surface area contributed by atoms with Gasteiger partial charge in [-0.1, -0.05) is 6.92 Å². The lowest BCUT2D eigenvalue weighted by Gasteiger charge is -2.09. The van der Waals surface area contributed by atoms with Crippen LogP contribution in [0.2, 0.25) is 0 Å². The Bertz CT molecular complexity index is 505. The van der Waals surface area contributed by atoms with E-state index in [2.05, 4.69) is 34.7 Å². The Kier molecular flexibility index (Phi) is 4.93. The van der Waals surface area contributed by atoms with E-state index >= 15 is 0 Å². The van der Waals surface area contributed by atoms with Crippen LogP contribution in [0, 0.1) is 0 Å². The Morgan fingerprint density at radius 3 is 2.63 bits per heavy atom. The van der Waals surface area contributed by atoms with Gasteiger partial charge in [-0.05, 0) is 44.7 Å². The average molecular weight is 276 g/mol. The minimum Gasteiger partial charge on any atom is -0.491 e. The largest absolute Gasteiger partial charge is 0.491 e. The lowest BCUT2D eigenvalue weighted by molar-refractivity contribution is 0.242. The Morgan fingerprint density at radius 1 is 1.26 bits per heavy atom. The second kappa shape index (κ2) is 6.68. The normalized spacial score (nSPS) is 10.9. The van der Waals surface area contributed by atoms with Gasteiger partial charge in [-0.3, -0.25) is 0 Å². The third-order valence-electron chi connectivity index (χ3n) is 2.58. The highest BCUT2D eigenvalue weighted by atomic mass is 32.1. The van der Waals surface area contributed by atoms with E-state index in [9.17, 15) is 0 Å². The minimum atomic E-state index is 0.206. The molecule has 0 radical (unpaired) electrons. The van der Waals surface area contributed by atoms with Gasteiger partial charge < -0.3 is 10.1 Å². The molecule has 4 heteroatoms. The predicted molar refractivity (Wildman–Crippen MR) is 80.7 cm³/mol. The van der Waals surface area contributed by atoms with Gasteiger partial charge in [-0.25, -0.2) is 4.98 Å². The molecule has 1 heterocycles. The van der Waals surface area contributed by atoms with Gasteiger partial charge in [-0.15, -0.1) is 11.3 Å². The summed E-state index contributed by atoms with van der Waals surface area (Å²) in [4.78, 5) is 4.62. The molecule has 1 aromatic heterocycles. The van der Waals surface area contributed by atoms with Crippen LogP contribution in [0.4, 0.5) is 0 Å². The number of nitrogens with zero attached hydrogens (tertiary/aromatic N) is 1. The van der Waals surface area contributed by atoms with Gasteiger partial charge in [0.25, 0.3) is 0 Å². The summed E-state index contributed by atoms with van der Waals surface area (Å²) in [6, 6.07) is 8.13. The van der Waals surface area contributed by atoms with Crippen LogP contribution in [-0.2, 0) is 6.54 Å². The van der Waals surface area contributed by atoms with Crippen molar-refractivity contribution in [1.82, 2.24) is 10.3 Å². The van der Waals surface area contributed by atoms with E-state index in [0.29, 0.717) is 0 Å². The van der Waals surface area contributed by atoms with E-state index < -0.39 is 0 Å². The number of nitrogens with one attached hydrogen (secondary N) is 1. The Labute approximate surface area is 118 Å². The number of thiazole rings is 1. The van der Waals surface area contributed by atoms with E-state index in [4.69, 9.17) is 4.74 Å². The van der Waals surface area contributed by atoms with Gasteiger partial charge in [0.15, 0.2) is 0 Å². The second-order valence-corrected chi connectivity index (χ2v) is 5.47. The molecule has 0 fully saturated rings. The lowest BCUT2D eigenvalue weighted by atomic mass is 10.2. The highest BCUT2D eigenvalue weighted by Gasteiger charge is 2.05. The molecule has 2 rings (SSSR count). The highest BCUT2D eigenvalue weighted by molar-refractivity contribution is 7.13. The SMILES string of the molecule is CCNCc1csc(-c2ccc(OC(C)C)cc2)n1. The molecule has 1 N–H and O–H groups in total. The molecule has 3 nitrogen and oxygen atoms in total. The van der Waals surface area contributed by atoms with E-state index in [1.54, 1.807) is 11.3 Å². The molecule has 0 aliphatic rings. The predicted octanol–water partition coefficient (Wildman–Crippen LogP) is 3.71. The van der Waals surface area contributed by atoms with Gasteiger partial charge in [0.1, 0.15) is 10.8 Å². The maximum Gasteiger partial charge on any atom is 0.123 e. The van der Waals surface area contributed by atoms with Gasteiger partial charge >= 0.3 is 0 Å². The second-order valence-electron chi connectivity index (χ2n) is 4.62. The molecule has 2 aromatic rings. The fourth-order valence-electron chi connectivity index (χ4n) is 1.72. The molecule has 19 heavy (non-hydrogen) atoms. The summed E-state index contributed by atoms with van der Waals surface area (Å²) in [6.45, 7) is 7.96. The van der Waals surface area contributed by atoms with E-state index in [-0.39, 0.29) is 6.10 Å². The van der Waals surface area contributed by atoms with Crippen LogP contribution in [0.15, 0.2) is 29.6 Å². The van der Waals surface area contributed by atoms with Crippen molar-refractivity contribution in [2.75, 3.05) is 6.54 Å². The van der Waals surface area contributed by atoms with Crippen LogP contribution >= 0.6 is 11.3 Å². The van der Waals surface area contributed by atoms with Crippen LogP contribution in [0.25, 0.3) is 10.6 Å². The highest BCUT2D eigenvalue weighted by Crippen LogP contribution is 2.26. The van der Waals surface area contributed by atoms with Gasteiger partial charge in [-0.2, -0.15) is 0 Å². The molecule has 0 amide bonds. The molecule has 0 spiro atoms. The summed E-state index contributed by atoms with van der Waals surface area (Å²) in [6.07, 6.45) is 0.206. The smallest absolute Gasteiger partial charge is 0.123 e. The number of benzene rings is 1. The first-order chi connectivity index (χ1) is 9.19. The Morgan fingerprint density at radius 2 is 2.00 bits per heavy atom. The van der Waals surface area contributed by atoms with Crippen molar-refractivity contribution in [2.45, 2.75) is 33.4 Å². The summed E-state index contributed by atoms with van der Waals surface area (Å²) in [5.74, 6) is 0.906. The summed E-state index contributed by atoms with van der Waals surface area (Å²) in [5, 5.41) is 6.45. The third-order valence-corrected chi connectivity index (χ3v) is 3.52. The van der Waals surface area contributed by atoms with Crippen LogP contribution in [0.5, 0.6) is 5.75 Å². The molecule has 102 valence electrons. The van der Waals surface area contributed by atoms with Crippen molar-refractivity contribution < 1.29 is 4.74 Å². The van der Waals surface area contributed by atoms with Crippen molar-refractivity contribution >= 4 is 11.3 Å². The molecular formula is C15H20N2OS. The fraction of sp³-hybridized carbons (Fsp3) is 0.400. The zero-order valence-electron chi connectivity index (χ0n) is 11.6. The zero-order chi connectivity index (χ0) is 13.7. The van der Waals surface area contributed by atoms with Crippen molar-refractivity contribution in [3.63, 3.8) is 0 Å². The summed E-state index contributed by atoms with van der Waals surface area (Å²) < 4.78 is 5.64. The molecule has 0 saturated heterocycles. The maximum absolute atomic E-state index is 5.64. The number of rotatable bonds is 6. The van der Waals surface area contributed by atoms with Crippen molar-refractivity contribution in [2.24, 2.45) is 0 Å². The van der Waals surface area contributed by atoms with Gasteiger partial charge in [0.2, 0.25) is 0 Å². The summed E-state index contributed by atoms with van der Waals surface area (Å²) >= 11 is 1.68. The Hall–Kier alpha value is -1.39. The van der Waals surface area contributed by atoms with Crippen LogP contribution < -0.4 is 10.1 Å². The lowest BCUT2D eigenvalue weighted by Crippen LogP contribution is -2.11. The first kappa shape index (κ1) is 14.0.